The second-order valence-electron chi connectivity index (χ2n) is 3.51. The molecule has 0 saturated heterocycles. The summed E-state index contributed by atoms with van der Waals surface area (Å²) in [4.78, 5) is 0. The molecule has 1 rings (SSSR count). The van der Waals surface area contributed by atoms with E-state index in [1.54, 1.807) is 0 Å². The lowest BCUT2D eigenvalue weighted by molar-refractivity contribution is 0.287. The Morgan fingerprint density at radius 3 is 2.50 bits per heavy atom. The van der Waals surface area contributed by atoms with Gasteiger partial charge in [0.1, 0.15) is 0 Å². The Balaban J connectivity index is 2.57. The van der Waals surface area contributed by atoms with E-state index in [4.69, 9.17) is 0 Å². The van der Waals surface area contributed by atoms with Crippen LogP contribution in [0.3, 0.4) is 0 Å². The second-order valence-corrected chi connectivity index (χ2v) is 3.51. The lowest BCUT2D eigenvalue weighted by Crippen LogP contribution is -2.10. The highest BCUT2D eigenvalue weighted by atomic mass is 16.6. The van der Waals surface area contributed by atoms with E-state index in [0.29, 0.717) is 5.82 Å². The summed E-state index contributed by atoms with van der Waals surface area (Å²) in [5.74, 6) is 0.674. The molecule has 0 atom stereocenters. The van der Waals surface area contributed by atoms with Crippen LogP contribution < -0.4 is 0 Å². The molecule has 10 heavy (non-hydrogen) atoms. The van der Waals surface area contributed by atoms with Gasteiger partial charge in [-0.3, -0.25) is 0 Å². The maximum absolute atomic E-state index is 4.35. The monoisotopic (exact) mass is 141 g/mol. The van der Waals surface area contributed by atoms with Crippen LogP contribution in [0.5, 0.6) is 0 Å². The Morgan fingerprint density at radius 2 is 2.10 bits per heavy atom. The summed E-state index contributed by atoms with van der Waals surface area (Å²) in [5.41, 5.74) is 0.200. The summed E-state index contributed by atoms with van der Waals surface area (Å²) in [6.07, 6.45) is 0.802. The Bertz CT molecular complexity index is 187. The van der Waals surface area contributed by atoms with Gasteiger partial charge in [-0.25, -0.2) is 4.63 Å². The fraction of sp³-hybridized carbons (Fsp3) is 0.833. The average molecular weight is 141 g/mol. The van der Waals surface area contributed by atoms with Crippen LogP contribution in [0.25, 0.3) is 0 Å². The number of aromatic nitrogens is 3. The molecule has 0 fully saturated rings. The van der Waals surface area contributed by atoms with Crippen molar-refractivity contribution in [3.8, 4) is 0 Å². The highest BCUT2D eigenvalue weighted by molar-refractivity contribution is 4.81. The topological polar surface area (TPSA) is 51.8 Å². The maximum atomic E-state index is 4.35. The largest absolute Gasteiger partial charge is 0.222 e. The molecule has 0 aliphatic carbocycles. The normalized spacial score (nSPS) is 11.9. The highest BCUT2D eigenvalue weighted by Gasteiger charge is 2.14. The summed E-state index contributed by atoms with van der Waals surface area (Å²) >= 11 is 0. The average Bonchev–Trinajstić information content (AvgIpc) is 2.12. The molecule has 1 aromatic heterocycles. The smallest absolute Gasteiger partial charge is 0.197 e. The predicted molar refractivity (Wildman–Crippen MR) is 35.3 cm³/mol. The van der Waals surface area contributed by atoms with Crippen LogP contribution >= 0.6 is 0 Å². The van der Waals surface area contributed by atoms with Crippen molar-refractivity contribution in [1.29, 1.82) is 0 Å². The molecule has 4 heteroatoms. The van der Waals surface area contributed by atoms with Gasteiger partial charge in [0.15, 0.2) is 5.82 Å². The first kappa shape index (κ1) is 7.18. The van der Waals surface area contributed by atoms with E-state index < -0.39 is 0 Å². The minimum absolute atomic E-state index is 0.200. The van der Waals surface area contributed by atoms with E-state index in [9.17, 15) is 0 Å². The van der Waals surface area contributed by atoms with Gasteiger partial charge >= 0.3 is 0 Å². The molecule has 0 unspecified atom stereocenters. The minimum Gasteiger partial charge on any atom is -0.222 e. The van der Waals surface area contributed by atoms with Gasteiger partial charge in [0.2, 0.25) is 0 Å². The standard InChI is InChI=1S/C6H11N3O/c1-6(2,3)4-5-7-9-10-8-5/h4H2,1-3H3. The van der Waals surface area contributed by atoms with Crippen LogP contribution in [-0.2, 0) is 6.42 Å². The Morgan fingerprint density at radius 1 is 1.40 bits per heavy atom. The van der Waals surface area contributed by atoms with E-state index >= 15 is 0 Å². The third-order valence-corrected chi connectivity index (χ3v) is 1.03. The molecule has 1 heterocycles. The number of rotatable bonds is 1. The third-order valence-electron chi connectivity index (χ3n) is 1.03. The first-order valence-corrected chi connectivity index (χ1v) is 3.22. The van der Waals surface area contributed by atoms with Crippen LogP contribution in [0.4, 0.5) is 0 Å². The lowest BCUT2D eigenvalue weighted by Gasteiger charge is -2.13. The quantitative estimate of drug-likeness (QED) is 0.586. The van der Waals surface area contributed by atoms with Gasteiger partial charge in [-0.15, -0.1) is 0 Å². The summed E-state index contributed by atoms with van der Waals surface area (Å²) in [5, 5.41) is 10.5. The first-order chi connectivity index (χ1) is 4.58. The maximum Gasteiger partial charge on any atom is 0.197 e. The molecule has 0 radical (unpaired) electrons. The zero-order valence-corrected chi connectivity index (χ0v) is 6.46. The Hall–Kier alpha value is -0.930. The van der Waals surface area contributed by atoms with Gasteiger partial charge in [0.25, 0.3) is 0 Å². The van der Waals surface area contributed by atoms with Crippen LogP contribution in [0.1, 0.15) is 26.6 Å². The second kappa shape index (κ2) is 2.36. The molecular weight excluding hydrogens is 130 g/mol. The summed E-state index contributed by atoms with van der Waals surface area (Å²) in [7, 11) is 0. The highest BCUT2D eigenvalue weighted by Crippen LogP contribution is 2.17. The van der Waals surface area contributed by atoms with Crippen molar-refractivity contribution >= 4 is 0 Å². The van der Waals surface area contributed by atoms with E-state index in [-0.39, 0.29) is 5.41 Å². The Kier molecular flexibility index (Phi) is 1.70. The van der Waals surface area contributed by atoms with Gasteiger partial charge in [-0.2, -0.15) is 0 Å². The van der Waals surface area contributed by atoms with Crippen molar-refractivity contribution in [3.63, 3.8) is 0 Å². The van der Waals surface area contributed by atoms with E-state index in [0.717, 1.165) is 6.42 Å². The fourth-order valence-corrected chi connectivity index (χ4v) is 0.691. The molecule has 4 nitrogen and oxygen atoms in total. The first-order valence-electron chi connectivity index (χ1n) is 3.22. The summed E-state index contributed by atoms with van der Waals surface area (Å²) < 4.78 is 4.35. The summed E-state index contributed by atoms with van der Waals surface area (Å²) in [6.45, 7) is 6.34. The van der Waals surface area contributed by atoms with Crippen molar-refractivity contribution in [2.45, 2.75) is 27.2 Å². The summed E-state index contributed by atoms with van der Waals surface area (Å²) in [6, 6.07) is 0. The third kappa shape index (κ3) is 2.13. The number of nitrogens with zero attached hydrogens (tertiary/aromatic N) is 3. The van der Waals surface area contributed by atoms with Crippen LogP contribution in [0.2, 0.25) is 0 Å². The van der Waals surface area contributed by atoms with Crippen molar-refractivity contribution in [1.82, 2.24) is 15.5 Å². The predicted octanol–water partition coefficient (Wildman–Crippen LogP) is 1.05. The van der Waals surface area contributed by atoms with Crippen molar-refractivity contribution in [3.05, 3.63) is 5.82 Å². The van der Waals surface area contributed by atoms with E-state index in [2.05, 4.69) is 40.9 Å². The molecular formula is C6H11N3O. The van der Waals surface area contributed by atoms with Gasteiger partial charge in [-0.1, -0.05) is 25.9 Å². The van der Waals surface area contributed by atoms with Crippen molar-refractivity contribution < 1.29 is 4.63 Å². The zero-order valence-electron chi connectivity index (χ0n) is 6.46. The molecule has 1 aromatic rings. The lowest BCUT2D eigenvalue weighted by atomic mass is 9.92. The molecule has 0 aromatic carbocycles. The Labute approximate surface area is 59.6 Å². The van der Waals surface area contributed by atoms with E-state index in [1.165, 1.54) is 0 Å². The zero-order chi connectivity index (χ0) is 7.61. The van der Waals surface area contributed by atoms with Gasteiger partial charge in [-0.05, 0) is 10.6 Å². The molecule has 0 N–H and O–H groups in total. The fourth-order valence-electron chi connectivity index (χ4n) is 0.691. The van der Waals surface area contributed by atoms with Gasteiger partial charge in [0, 0.05) is 6.42 Å². The number of hydrogen-bond acceptors (Lipinski definition) is 4. The minimum atomic E-state index is 0.200. The molecule has 56 valence electrons. The SMILES string of the molecule is CC(C)(C)Cc1nnon1. The van der Waals surface area contributed by atoms with Crippen LogP contribution in [0, 0.1) is 5.41 Å². The molecule has 0 amide bonds. The van der Waals surface area contributed by atoms with E-state index in [1.807, 2.05) is 0 Å². The number of hydrogen-bond donors (Lipinski definition) is 0. The van der Waals surface area contributed by atoms with Gasteiger partial charge < -0.3 is 0 Å². The van der Waals surface area contributed by atoms with Crippen molar-refractivity contribution in [2.75, 3.05) is 0 Å². The molecule has 0 aliphatic heterocycles. The molecule has 0 spiro atoms. The van der Waals surface area contributed by atoms with Crippen LogP contribution in [-0.4, -0.2) is 15.5 Å². The van der Waals surface area contributed by atoms with Crippen molar-refractivity contribution in [2.24, 2.45) is 5.41 Å². The van der Waals surface area contributed by atoms with Gasteiger partial charge in [0.05, 0.1) is 5.27 Å². The molecule has 0 saturated carbocycles. The molecule has 0 bridgehead atoms. The molecule has 0 aliphatic rings. The van der Waals surface area contributed by atoms with Crippen LogP contribution in [0.15, 0.2) is 4.63 Å².